The van der Waals surface area contributed by atoms with E-state index in [2.05, 4.69) is 24.5 Å². The molecular weight excluding hydrogens is 530 g/mol. The standard InChI is InChI=1S/C38H77N3O2/c1-4-7-9-11-13-15-17-19-21-23-25-27-29-32-36(42)40-38(6-3,34-31-35-39)41-37(43)33-30-28-26-24-22-20-18-16-14-12-10-8-5-2/h4-35,39H2,1-3H3,(H,40,42)(H,41,43). The van der Waals surface area contributed by atoms with Crippen LogP contribution in [0.1, 0.15) is 220 Å². The number of carbonyl (C=O) groups excluding carboxylic acids is 2. The largest absolute Gasteiger partial charge is 0.333 e. The quantitative estimate of drug-likeness (QED) is 0.0502. The van der Waals surface area contributed by atoms with Crippen molar-refractivity contribution >= 4 is 11.8 Å². The van der Waals surface area contributed by atoms with Gasteiger partial charge < -0.3 is 16.4 Å². The number of carbonyl (C=O) groups is 2. The Labute approximate surface area is 269 Å². The van der Waals surface area contributed by atoms with Crippen molar-refractivity contribution in [2.75, 3.05) is 6.54 Å². The SMILES string of the molecule is CCCCCCCCCCCCCCCC(=O)NC(CC)(CCCN)NC(=O)CCCCCCCCCCCCCCC. The molecule has 5 nitrogen and oxygen atoms in total. The third kappa shape index (κ3) is 28.1. The van der Waals surface area contributed by atoms with Crippen molar-refractivity contribution < 1.29 is 9.59 Å². The first kappa shape index (κ1) is 41.9. The predicted octanol–water partition coefficient (Wildman–Crippen LogP) is 11.0. The van der Waals surface area contributed by atoms with Gasteiger partial charge in [0, 0.05) is 12.8 Å². The molecular formula is C38H77N3O2. The molecule has 5 heteroatoms. The molecule has 0 aliphatic rings. The molecule has 0 spiro atoms. The lowest BCUT2D eigenvalue weighted by Gasteiger charge is -2.35. The summed E-state index contributed by atoms with van der Waals surface area (Å²) in [5.41, 5.74) is 5.14. The maximum Gasteiger partial charge on any atom is 0.221 e. The van der Waals surface area contributed by atoms with E-state index < -0.39 is 5.66 Å². The minimum absolute atomic E-state index is 0.0585. The highest BCUT2D eigenvalue weighted by Crippen LogP contribution is 2.18. The van der Waals surface area contributed by atoms with Crippen LogP contribution in [0, 0.1) is 0 Å². The van der Waals surface area contributed by atoms with Crippen molar-refractivity contribution in [3.63, 3.8) is 0 Å². The Kier molecular flexibility index (Phi) is 31.5. The van der Waals surface area contributed by atoms with Crippen LogP contribution >= 0.6 is 0 Å². The normalized spacial score (nSPS) is 11.6. The van der Waals surface area contributed by atoms with Gasteiger partial charge in [0.25, 0.3) is 0 Å². The van der Waals surface area contributed by atoms with Crippen LogP contribution in [-0.2, 0) is 9.59 Å². The summed E-state index contributed by atoms with van der Waals surface area (Å²) in [7, 11) is 0. The average molecular weight is 608 g/mol. The maximum absolute atomic E-state index is 12.9. The van der Waals surface area contributed by atoms with E-state index in [1.807, 2.05) is 6.92 Å². The van der Waals surface area contributed by atoms with Crippen LogP contribution < -0.4 is 16.4 Å². The molecule has 0 heterocycles. The fourth-order valence-electron chi connectivity index (χ4n) is 6.18. The van der Waals surface area contributed by atoms with Crippen LogP contribution in [0.15, 0.2) is 0 Å². The second-order valence-electron chi connectivity index (χ2n) is 13.4. The molecule has 0 saturated carbocycles. The second kappa shape index (κ2) is 32.3. The molecule has 43 heavy (non-hydrogen) atoms. The van der Waals surface area contributed by atoms with E-state index in [4.69, 9.17) is 5.73 Å². The Bertz CT molecular complexity index is 566. The van der Waals surface area contributed by atoms with E-state index >= 15 is 0 Å². The molecule has 0 saturated heterocycles. The van der Waals surface area contributed by atoms with Gasteiger partial charge in [0.1, 0.15) is 5.66 Å². The number of hydrogen-bond donors (Lipinski definition) is 3. The Balaban J connectivity index is 4.04. The molecule has 0 radical (unpaired) electrons. The third-order valence-electron chi connectivity index (χ3n) is 9.18. The molecule has 0 rings (SSSR count). The van der Waals surface area contributed by atoms with Crippen LogP contribution in [0.3, 0.4) is 0 Å². The van der Waals surface area contributed by atoms with Gasteiger partial charge in [-0.15, -0.1) is 0 Å². The lowest BCUT2D eigenvalue weighted by atomic mass is 9.98. The number of amides is 2. The average Bonchev–Trinajstić information content (AvgIpc) is 3.00. The van der Waals surface area contributed by atoms with Gasteiger partial charge >= 0.3 is 0 Å². The van der Waals surface area contributed by atoms with Crippen LogP contribution in [0.25, 0.3) is 0 Å². The van der Waals surface area contributed by atoms with Crippen LogP contribution in [0.2, 0.25) is 0 Å². The molecule has 0 aromatic heterocycles. The minimum atomic E-state index is -0.666. The fourth-order valence-corrected chi connectivity index (χ4v) is 6.18. The van der Waals surface area contributed by atoms with Crippen molar-refractivity contribution in [2.45, 2.75) is 225 Å². The zero-order valence-corrected chi connectivity index (χ0v) is 29.5. The highest BCUT2D eigenvalue weighted by molar-refractivity contribution is 5.80. The predicted molar refractivity (Wildman–Crippen MR) is 188 cm³/mol. The number of nitrogens with two attached hydrogens (primary N) is 1. The van der Waals surface area contributed by atoms with Crippen molar-refractivity contribution in [2.24, 2.45) is 5.73 Å². The van der Waals surface area contributed by atoms with Crippen molar-refractivity contribution in [3.8, 4) is 0 Å². The zero-order chi connectivity index (χ0) is 31.7. The Morgan fingerprint density at radius 3 is 0.977 bits per heavy atom. The van der Waals surface area contributed by atoms with E-state index in [1.165, 1.54) is 141 Å². The summed E-state index contributed by atoms with van der Waals surface area (Å²) in [5.74, 6) is 0.117. The van der Waals surface area contributed by atoms with E-state index in [1.54, 1.807) is 0 Å². The van der Waals surface area contributed by atoms with E-state index in [0.29, 0.717) is 32.2 Å². The van der Waals surface area contributed by atoms with Crippen LogP contribution in [0.5, 0.6) is 0 Å². The Morgan fingerprint density at radius 2 is 0.721 bits per heavy atom. The molecule has 0 aliphatic heterocycles. The van der Waals surface area contributed by atoms with Crippen molar-refractivity contribution in [1.29, 1.82) is 0 Å². The monoisotopic (exact) mass is 608 g/mol. The molecule has 0 aromatic rings. The van der Waals surface area contributed by atoms with Gasteiger partial charge in [-0.05, 0) is 38.6 Å². The molecule has 0 aromatic carbocycles. The topological polar surface area (TPSA) is 84.2 Å². The second-order valence-corrected chi connectivity index (χ2v) is 13.4. The molecule has 0 aliphatic carbocycles. The van der Waals surface area contributed by atoms with E-state index in [0.717, 1.165) is 32.1 Å². The zero-order valence-electron chi connectivity index (χ0n) is 29.5. The molecule has 2 amide bonds. The molecule has 0 unspecified atom stereocenters. The first-order valence-corrected chi connectivity index (χ1v) is 19.4. The van der Waals surface area contributed by atoms with Gasteiger partial charge in [0.15, 0.2) is 0 Å². The number of nitrogens with one attached hydrogen (secondary N) is 2. The Morgan fingerprint density at radius 1 is 0.442 bits per heavy atom. The molecule has 0 atom stereocenters. The number of hydrogen-bond acceptors (Lipinski definition) is 3. The summed E-state index contributed by atoms with van der Waals surface area (Å²) in [4.78, 5) is 25.7. The summed E-state index contributed by atoms with van der Waals surface area (Å²) in [6.07, 6.45) is 37.0. The first-order chi connectivity index (χ1) is 21.0. The van der Waals surface area contributed by atoms with Crippen molar-refractivity contribution in [1.82, 2.24) is 10.6 Å². The first-order valence-electron chi connectivity index (χ1n) is 19.4. The van der Waals surface area contributed by atoms with Gasteiger partial charge in [0.2, 0.25) is 11.8 Å². The maximum atomic E-state index is 12.9. The van der Waals surface area contributed by atoms with E-state index in [-0.39, 0.29) is 11.8 Å². The highest BCUT2D eigenvalue weighted by atomic mass is 16.2. The summed E-state index contributed by atoms with van der Waals surface area (Å²) >= 11 is 0. The molecule has 0 fully saturated rings. The third-order valence-corrected chi connectivity index (χ3v) is 9.18. The minimum Gasteiger partial charge on any atom is -0.333 e. The van der Waals surface area contributed by atoms with Crippen LogP contribution in [-0.4, -0.2) is 24.0 Å². The van der Waals surface area contributed by atoms with E-state index in [9.17, 15) is 9.59 Å². The van der Waals surface area contributed by atoms with Crippen molar-refractivity contribution in [3.05, 3.63) is 0 Å². The summed E-state index contributed by atoms with van der Waals surface area (Å²) < 4.78 is 0. The lowest BCUT2D eigenvalue weighted by Crippen LogP contribution is -2.60. The summed E-state index contributed by atoms with van der Waals surface area (Å²) in [5, 5.41) is 6.42. The Hall–Kier alpha value is -1.10. The fraction of sp³-hybridized carbons (Fsp3) is 0.947. The number of rotatable bonds is 34. The molecule has 0 bridgehead atoms. The smallest absolute Gasteiger partial charge is 0.221 e. The summed E-state index contributed by atoms with van der Waals surface area (Å²) in [6.45, 7) is 7.16. The van der Waals surface area contributed by atoms with Gasteiger partial charge in [-0.2, -0.15) is 0 Å². The molecule has 4 N–H and O–H groups in total. The van der Waals surface area contributed by atoms with Crippen LogP contribution in [0.4, 0.5) is 0 Å². The number of unbranched alkanes of at least 4 members (excludes halogenated alkanes) is 24. The highest BCUT2D eigenvalue weighted by Gasteiger charge is 2.30. The lowest BCUT2D eigenvalue weighted by molar-refractivity contribution is -0.127. The molecule has 256 valence electrons. The van der Waals surface area contributed by atoms with Gasteiger partial charge in [-0.3, -0.25) is 9.59 Å². The summed E-state index contributed by atoms with van der Waals surface area (Å²) in [6, 6.07) is 0. The van der Waals surface area contributed by atoms with Gasteiger partial charge in [-0.25, -0.2) is 0 Å². The van der Waals surface area contributed by atoms with Gasteiger partial charge in [0.05, 0.1) is 0 Å². The van der Waals surface area contributed by atoms with Gasteiger partial charge in [-0.1, -0.05) is 175 Å².